The average Bonchev–Trinajstić information content (AvgIpc) is 2.16. The molecule has 0 aliphatic rings. The molecule has 4 nitrogen and oxygen atoms in total. The van der Waals surface area contributed by atoms with Crippen LogP contribution in [0.25, 0.3) is 0 Å². The number of amides is 1. The molecule has 1 N–H and O–H groups in total. The number of halogens is 2. The number of pyridine rings is 1. The summed E-state index contributed by atoms with van der Waals surface area (Å²) in [5.41, 5.74) is -0.222. The lowest BCUT2D eigenvalue weighted by Gasteiger charge is -2.16. The van der Waals surface area contributed by atoms with Crippen molar-refractivity contribution in [3.05, 3.63) is 24.0 Å². The molecular weight excluding hydrogens is 206 g/mol. The Morgan fingerprint density at radius 1 is 1.67 bits per heavy atom. The van der Waals surface area contributed by atoms with E-state index < -0.39 is 18.9 Å². The second-order valence-electron chi connectivity index (χ2n) is 2.95. The van der Waals surface area contributed by atoms with Crippen LogP contribution in [0, 0.1) is 0 Å². The molecule has 0 radical (unpaired) electrons. The van der Waals surface area contributed by atoms with Crippen molar-refractivity contribution in [1.29, 1.82) is 0 Å². The van der Waals surface area contributed by atoms with E-state index in [0.717, 1.165) is 4.90 Å². The molecule has 0 atom stereocenters. The summed E-state index contributed by atoms with van der Waals surface area (Å²) in [6.45, 7) is -0.686. The van der Waals surface area contributed by atoms with Gasteiger partial charge in [-0.05, 0) is 12.1 Å². The molecule has 1 heterocycles. The highest BCUT2D eigenvalue weighted by molar-refractivity contribution is 5.94. The fourth-order valence-corrected chi connectivity index (χ4v) is 1.03. The number of rotatable bonds is 3. The Morgan fingerprint density at radius 2 is 2.33 bits per heavy atom. The number of aromatic nitrogens is 1. The third-order valence-corrected chi connectivity index (χ3v) is 1.75. The van der Waals surface area contributed by atoms with E-state index in [-0.39, 0.29) is 11.4 Å². The number of hydrogen-bond acceptors (Lipinski definition) is 3. The molecule has 15 heavy (non-hydrogen) atoms. The number of alkyl halides is 2. The molecule has 0 bridgehead atoms. The highest BCUT2D eigenvalue weighted by atomic mass is 19.3. The smallest absolute Gasteiger partial charge is 0.276 e. The molecule has 0 saturated heterocycles. The Balaban J connectivity index is 2.81. The van der Waals surface area contributed by atoms with Crippen molar-refractivity contribution in [3.63, 3.8) is 0 Å². The summed E-state index contributed by atoms with van der Waals surface area (Å²) in [6, 6.07) is 2.72. The van der Waals surface area contributed by atoms with Gasteiger partial charge < -0.3 is 10.0 Å². The van der Waals surface area contributed by atoms with Crippen LogP contribution in [0.4, 0.5) is 8.78 Å². The lowest BCUT2D eigenvalue weighted by atomic mass is 10.3. The van der Waals surface area contributed by atoms with Gasteiger partial charge in [-0.25, -0.2) is 13.8 Å². The standard InChI is InChI=1S/C9H10F2N2O2/c1-13(5-7(10)11)9(15)8-6(14)3-2-4-12-8/h2-4,7,14H,5H2,1H3. The summed E-state index contributed by atoms with van der Waals surface area (Å²) in [6.07, 6.45) is -1.30. The van der Waals surface area contributed by atoms with E-state index in [9.17, 15) is 18.7 Å². The van der Waals surface area contributed by atoms with E-state index in [1.165, 1.54) is 25.4 Å². The van der Waals surface area contributed by atoms with Crippen LogP contribution in [0.5, 0.6) is 5.75 Å². The number of aromatic hydroxyl groups is 1. The summed E-state index contributed by atoms with van der Waals surface area (Å²) >= 11 is 0. The first-order valence-electron chi connectivity index (χ1n) is 4.20. The van der Waals surface area contributed by atoms with Crippen LogP contribution in [0.15, 0.2) is 18.3 Å². The van der Waals surface area contributed by atoms with E-state index in [4.69, 9.17) is 0 Å². The minimum atomic E-state index is -2.61. The van der Waals surface area contributed by atoms with Crippen molar-refractivity contribution in [2.75, 3.05) is 13.6 Å². The summed E-state index contributed by atoms with van der Waals surface area (Å²) in [7, 11) is 1.22. The quantitative estimate of drug-likeness (QED) is 0.823. The number of hydrogen-bond donors (Lipinski definition) is 1. The highest BCUT2D eigenvalue weighted by Gasteiger charge is 2.19. The zero-order chi connectivity index (χ0) is 11.4. The normalized spacial score (nSPS) is 10.4. The minimum Gasteiger partial charge on any atom is -0.505 e. The van der Waals surface area contributed by atoms with Gasteiger partial charge in [-0.1, -0.05) is 0 Å². The highest BCUT2D eigenvalue weighted by Crippen LogP contribution is 2.14. The topological polar surface area (TPSA) is 53.4 Å². The molecule has 0 aliphatic carbocycles. The molecule has 0 spiro atoms. The first kappa shape index (κ1) is 11.4. The Hall–Kier alpha value is -1.72. The zero-order valence-electron chi connectivity index (χ0n) is 8.02. The lowest BCUT2D eigenvalue weighted by Crippen LogP contribution is -2.31. The third kappa shape index (κ3) is 2.87. The molecule has 82 valence electrons. The van der Waals surface area contributed by atoms with Crippen molar-refractivity contribution >= 4 is 5.91 Å². The fourth-order valence-electron chi connectivity index (χ4n) is 1.03. The number of carbonyl (C=O) groups is 1. The first-order valence-corrected chi connectivity index (χ1v) is 4.20. The maximum Gasteiger partial charge on any atom is 0.276 e. The molecule has 1 aromatic heterocycles. The molecule has 0 aliphatic heterocycles. The molecule has 1 aromatic rings. The average molecular weight is 216 g/mol. The van der Waals surface area contributed by atoms with Gasteiger partial charge in [0.1, 0.15) is 5.75 Å². The van der Waals surface area contributed by atoms with Crippen LogP contribution >= 0.6 is 0 Å². The minimum absolute atomic E-state index is 0.222. The molecule has 1 amide bonds. The van der Waals surface area contributed by atoms with Crippen LogP contribution in [-0.2, 0) is 0 Å². The molecular formula is C9H10F2N2O2. The predicted octanol–water partition coefficient (Wildman–Crippen LogP) is 1.12. The van der Waals surface area contributed by atoms with Gasteiger partial charge in [0.25, 0.3) is 12.3 Å². The Kier molecular flexibility index (Phi) is 3.54. The van der Waals surface area contributed by atoms with Crippen LogP contribution in [0.2, 0.25) is 0 Å². The molecule has 1 rings (SSSR count). The van der Waals surface area contributed by atoms with Gasteiger partial charge in [-0.15, -0.1) is 0 Å². The van der Waals surface area contributed by atoms with Crippen molar-refractivity contribution in [3.8, 4) is 5.75 Å². The monoisotopic (exact) mass is 216 g/mol. The molecule has 0 aromatic carbocycles. The van der Waals surface area contributed by atoms with E-state index in [0.29, 0.717) is 0 Å². The van der Waals surface area contributed by atoms with E-state index in [1.807, 2.05) is 0 Å². The zero-order valence-corrected chi connectivity index (χ0v) is 8.02. The van der Waals surface area contributed by atoms with Crippen molar-refractivity contribution < 1.29 is 18.7 Å². The van der Waals surface area contributed by atoms with Gasteiger partial charge in [-0.3, -0.25) is 4.79 Å². The van der Waals surface area contributed by atoms with Gasteiger partial charge in [0.15, 0.2) is 5.69 Å². The van der Waals surface area contributed by atoms with Gasteiger partial charge in [0.05, 0.1) is 6.54 Å². The molecule has 6 heteroatoms. The van der Waals surface area contributed by atoms with Crippen molar-refractivity contribution in [1.82, 2.24) is 9.88 Å². The van der Waals surface area contributed by atoms with Gasteiger partial charge in [0.2, 0.25) is 0 Å². The Labute approximate surface area is 85.2 Å². The molecule has 0 unspecified atom stereocenters. The summed E-state index contributed by atoms with van der Waals surface area (Å²) < 4.78 is 24.0. The van der Waals surface area contributed by atoms with Crippen LogP contribution < -0.4 is 0 Å². The molecule has 0 saturated carbocycles. The van der Waals surface area contributed by atoms with E-state index in [1.54, 1.807) is 0 Å². The van der Waals surface area contributed by atoms with Crippen molar-refractivity contribution in [2.24, 2.45) is 0 Å². The van der Waals surface area contributed by atoms with Gasteiger partial charge >= 0.3 is 0 Å². The van der Waals surface area contributed by atoms with Crippen LogP contribution in [0.1, 0.15) is 10.5 Å². The van der Waals surface area contributed by atoms with Crippen molar-refractivity contribution in [2.45, 2.75) is 6.43 Å². The summed E-state index contributed by atoms with van der Waals surface area (Å²) in [5.74, 6) is -1.04. The predicted molar refractivity (Wildman–Crippen MR) is 48.9 cm³/mol. The Bertz CT molecular complexity index is 358. The third-order valence-electron chi connectivity index (χ3n) is 1.75. The van der Waals surface area contributed by atoms with E-state index in [2.05, 4.69) is 4.98 Å². The summed E-state index contributed by atoms with van der Waals surface area (Å²) in [4.78, 5) is 15.9. The lowest BCUT2D eigenvalue weighted by molar-refractivity contribution is 0.0612. The molecule has 0 fully saturated rings. The van der Waals surface area contributed by atoms with Gasteiger partial charge in [0, 0.05) is 13.2 Å². The fraction of sp³-hybridized carbons (Fsp3) is 0.333. The second-order valence-corrected chi connectivity index (χ2v) is 2.95. The van der Waals surface area contributed by atoms with Gasteiger partial charge in [-0.2, -0.15) is 0 Å². The SMILES string of the molecule is CN(CC(F)F)C(=O)c1ncccc1O. The Morgan fingerprint density at radius 3 is 2.87 bits per heavy atom. The van der Waals surface area contributed by atoms with Crippen LogP contribution in [0.3, 0.4) is 0 Å². The number of nitrogens with zero attached hydrogens (tertiary/aromatic N) is 2. The number of carbonyl (C=O) groups excluding carboxylic acids is 1. The maximum atomic E-state index is 12.0. The first-order chi connectivity index (χ1) is 7.02. The second kappa shape index (κ2) is 4.68. The maximum absolute atomic E-state index is 12.0. The largest absolute Gasteiger partial charge is 0.505 e. The van der Waals surface area contributed by atoms with E-state index >= 15 is 0 Å². The summed E-state index contributed by atoms with van der Waals surface area (Å²) in [5, 5.41) is 9.27. The van der Waals surface area contributed by atoms with Crippen LogP contribution in [-0.4, -0.2) is 40.9 Å².